The Hall–Kier alpha value is -1.12. The minimum Gasteiger partial charge on any atom is -0.367 e. The van der Waals surface area contributed by atoms with Crippen molar-refractivity contribution in [1.82, 2.24) is 4.98 Å². The van der Waals surface area contributed by atoms with Crippen LogP contribution >= 0.6 is 0 Å². The molecule has 0 spiro atoms. The molecule has 92 valence electrons. The molecule has 2 fully saturated rings. The summed E-state index contributed by atoms with van der Waals surface area (Å²) in [4.78, 5) is 4.15. The summed E-state index contributed by atoms with van der Waals surface area (Å²) in [7, 11) is 0. The average molecular weight is 234 g/mol. The van der Waals surface area contributed by atoms with E-state index in [9.17, 15) is 4.39 Å². The first kappa shape index (κ1) is 11.0. The number of anilines is 1. The maximum atomic E-state index is 13.8. The maximum Gasteiger partial charge on any atom is 0.145 e. The third-order valence-electron chi connectivity index (χ3n) is 4.14. The number of rotatable bonds is 3. The normalized spacial score (nSPS) is 21.5. The van der Waals surface area contributed by atoms with E-state index in [1.54, 1.807) is 0 Å². The summed E-state index contributed by atoms with van der Waals surface area (Å²) in [6.45, 7) is 0. The lowest BCUT2D eigenvalue weighted by Gasteiger charge is -2.27. The van der Waals surface area contributed by atoms with Crippen molar-refractivity contribution in [2.75, 3.05) is 5.32 Å². The molecule has 0 aliphatic heterocycles. The minimum atomic E-state index is -0.129. The van der Waals surface area contributed by atoms with Gasteiger partial charge in [0.1, 0.15) is 11.6 Å². The van der Waals surface area contributed by atoms with Gasteiger partial charge in [-0.25, -0.2) is 9.37 Å². The van der Waals surface area contributed by atoms with Crippen molar-refractivity contribution in [3.8, 4) is 0 Å². The molecule has 0 amide bonds. The molecule has 0 bridgehead atoms. The maximum absolute atomic E-state index is 13.8. The Balaban J connectivity index is 1.78. The highest BCUT2D eigenvalue weighted by Gasteiger charge is 2.22. The molecule has 3 rings (SSSR count). The number of nitrogens with one attached hydrogen (secondary N) is 1. The Kier molecular flexibility index (Phi) is 3.00. The summed E-state index contributed by atoms with van der Waals surface area (Å²) in [5.41, 5.74) is 0.874. The molecule has 17 heavy (non-hydrogen) atoms. The molecule has 1 N–H and O–H groups in total. The Morgan fingerprint density at radius 1 is 1.12 bits per heavy atom. The lowest BCUT2D eigenvalue weighted by molar-refractivity contribution is 0.444. The van der Waals surface area contributed by atoms with Crippen molar-refractivity contribution in [3.63, 3.8) is 0 Å². The van der Waals surface area contributed by atoms with E-state index in [0.717, 1.165) is 24.2 Å². The van der Waals surface area contributed by atoms with Crippen LogP contribution in [0, 0.1) is 5.82 Å². The zero-order valence-electron chi connectivity index (χ0n) is 10.1. The van der Waals surface area contributed by atoms with E-state index in [0.29, 0.717) is 12.0 Å². The van der Waals surface area contributed by atoms with E-state index in [1.165, 1.54) is 38.3 Å². The molecule has 0 aromatic carbocycles. The standard InChI is InChI=1S/C14H19FN2/c15-13-9-16-14(17-11-6-3-7-11)8-12(13)10-4-1-2-5-10/h8-11H,1-7H2,(H,16,17). The van der Waals surface area contributed by atoms with Crippen LogP contribution in [-0.4, -0.2) is 11.0 Å². The number of nitrogens with zero attached hydrogens (tertiary/aromatic N) is 1. The molecular weight excluding hydrogens is 215 g/mol. The lowest BCUT2D eigenvalue weighted by Crippen LogP contribution is -2.27. The number of halogens is 1. The lowest BCUT2D eigenvalue weighted by atomic mass is 9.93. The SMILES string of the molecule is Fc1cnc(NC2CCC2)cc1C1CCCC1. The predicted molar refractivity (Wildman–Crippen MR) is 66.7 cm³/mol. The highest BCUT2D eigenvalue weighted by molar-refractivity contribution is 5.41. The van der Waals surface area contributed by atoms with Gasteiger partial charge in [-0.05, 0) is 49.7 Å². The molecule has 0 atom stereocenters. The number of aromatic nitrogens is 1. The van der Waals surface area contributed by atoms with E-state index < -0.39 is 0 Å². The highest BCUT2D eigenvalue weighted by Crippen LogP contribution is 2.36. The molecule has 1 aromatic heterocycles. The molecule has 0 radical (unpaired) electrons. The quantitative estimate of drug-likeness (QED) is 0.859. The second-order valence-corrected chi connectivity index (χ2v) is 5.34. The zero-order valence-corrected chi connectivity index (χ0v) is 10.1. The van der Waals surface area contributed by atoms with Crippen molar-refractivity contribution >= 4 is 5.82 Å². The van der Waals surface area contributed by atoms with Gasteiger partial charge >= 0.3 is 0 Å². The molecule has 2 saturated carbocycles. The van der Waals surface area contributed by atoms with Gasteiger partial charge < -0.3 is 5.32 Å². The van der Waals surface area contributed by atoms with Gasteiger partial charge in [-0.3, -0.25) is 0 Å². The fraction of sp³-hybridized carbons (Fsp3) is 0.643. The average Bonchev–Trinajstić information content (AvgIpc) is 2.79. The van der Waals surface area contributed by atoms with E-state index in [1.807, 2.05) is 6.07 Å². The van der Waals surface area contributed by atoms with Crippen molar-refractivity contribution in [3.05, 3.63) is 23.6 Å². The predicted octanol–water partition coefficient (Wildman–Crippen LogP) is 3.84. The first-order valence-corrected chi connectivity index (χ1v) is 6.75. The molecular formula is C14H19FN2. The molecule has 1 heterocycles. The molecule has 1 aromatic rings. The zero-order chi connectivity index (χ0) is 11.7. The van der Waals surface area contributed by atoms with E-state index in [-0.39, 0.29) is 5.82 Å². The number of hydrogen-bond acceptors (Lipinski definition) is 2. The van der Waals surface area contributed by atoms with Crippen LogP contribution in [0.3, 0.4) is 0 Å². The largest absolute Gasteiger partial charge is 0.367 e. The molecule has 0 unspecified atom stereocenters. The van der Waals surface area contributed by atoms with Gasteiger partial charge in [0.15, 0.2) is 0 Å². The molecule has 2 aliphatic rings. The van der Waals surface area contributed by atoms with Crippen LogP contribution in [0.15, 0.2) is 12.3 Å². The third-order valence-corrected chi connectivity index (χ3v) is 4.14. The highest BCUT2D eigenvalue weighted by atomic mass is 19.1. The van der Waals surface area contributed by atoms with Crippen LogP contribution in [0.5, 0.6) is 0 Å². The van der Waals surface area contributed by atoms with E-state index >= 15 is 0 Å². The summed E-state index contributed by atoms with van der Waals surface area (Å²) >= 11 is 0. The van der Waals surface area contributed by atoms with Crippen LogP contribution in [0.4, 0.5) is 10.2 Å². The smallest absolute Gasteiger partial charge is 0.145 e. The fourth-order valence-corrected chi connectivity index (χ4v) is 2.84. The van der Waals surface area contributed by atoms with Crippen LogP contribution < -0.4 is 5.32 Å². The van der Waals surface area contributed by atoms with Gasteiger partial charge in [-0.2, -0.15) is 0 Å². The minimum absolute atomic E-state index is 0.129. The molecule has 3 heteroatoms. The van der Waals surface area contributed by atoms with Gasteiger partial charge in [0.05, 0.1) is 6.20 Å². The molecule has 2 nitrogen and oxygen atoms in total. The van der Waals surface area contributed by atoms with Gasteiger partial charge in [0.25, 0.3) is 0 Å². The van der Waals surface area contributed by atoms with E-state index in [2.05, 4.69) is 10.3 Å². The first-order chi connectivity index (χ1) is 8.33. The topological polar surface area (TPSA) is 24.9 Å². The van der Waals surface area contributed by atoms with Crippen molar-refractivity contribution in [1.29, 1.82) is 0 Å². The number of pyridine rings is 1. The van der Waals surface area contributed by atoms with Crippen LogP contribution in [0.25, 0.3) is 0 Å². The Morgan fingerprint density at radius 3 is 2.53 bits per heavy atom. The second-order valence-electron chi connectivity index (χ2n) is 5.34. The summed E-state index contributed by atoms with van der Waals surface area (Å²) in [6.07, 6.45) is 9.85. The van der Waals surface area contributed by atoms with Crippen molar-refractivity contribution in [2.45, 2.75) is 56.9 Å². The summed E-state index contributed by atoms with van der Waals surface area (Å²) in [5.74, 6) is 1.15. The summed E-state index contributed by atoms with van der Waals surface area (Å²) in [5, 5.41) is 3.39. The Morgan fingerprint density at radius 2 is 1.88 bits per heavy atom. The van der Waals surface area contributed by atoms with Crippen LogP contribution in [0.2, 0.25) is 0 Å². The summed E-state index contributed by atoms with van der Waals surface area (Å²) in [6, 6.07) is 2.49. The van der Waals surface area contributed by atoms with E-state index in [4.69, 9.17) is 0 Å². The van der Waals surface area contributed by atoms with Gasteiger partial charge in [-0.1, -0.05) is 12.8 Å². The van der Waals surface area contributed by atoms with Crippen molar-refractivity contribution < 1.29 is 4.39 Å². The van der Waals surface area contributed by atoms with Crippen molar-refractivity contribution in [2.24, 2.45) is 0 Å². The Bertz CT molecular complexity index is 395. The van der Waals surface area contributed by atoms with Crippen LogP contribution in [0.1, 0.15) is 56.4 Å². The monoisotopic (exact) mass is 234 g/mol. The fourth-order valence-electron chi connectivity index (χ4n) is 2.84. The number of hydrogen-bond donors (Lipinski definition) is 1. The summed E-state index contributed by atoms with van der Waals surface area (Å²) < 4.78 is 13.8. The van der Waals surface area contributed by atoms with Gasteiger partial charge in [-0.15, -0.1) is 0 Å². The molecule has 2 aliphatic carbocycles. The van der Waals surface area contributed by atoms with Gasteiger partial charge in [0.2, 0.25) is 0 Å². The van der Waals surface area contributed by atoms with Crippen LogP contribution in [-0.2, 0) is 0 Å². The first-order valence-electron chi connectivity index (χ1n) is 6.75. The van der Waals surface area contributed by atoms with Gasteiger partial charge in [0, 0.05) is 6.04 Å². The molecule has 0 saturated heterocycles. The Labute approximate surface area is 102 Å². The third kappa shape index (κ3) is 2.28. The second kappa shape index (κ2) is 4.63.